The highest BCUT2D eigenvalue weighted by Crippen LogP contribution is 2.21. The summed E-state index contributed by atoms with van der Waals surface area (Å²) >= 11 is 5.75. The lowest BCUT2D eigenvalue weighted by Gasteiger charge is -2.13. The van der Waals surface area contributed by atoms with Crippen molar-refractivity contribution in [2.24, 2.45) is 0 Å². The molecule has 5 heteroatoms. The molecule has 0 saturated heterocycles. The van der Waals surface area contributed by atoms with E-state index >= 15 is 0 Å². The standard InChI is InChI=1S/C12H16ClNO2S/c1-9(8-14-11-4-5-11)17(15,16)12-6-2-10(13)3-7-12/h2-3,6-7,9,11,14H,4-5,8H2,1H3. The summed E-state index contributed by atoms with van der Waals surface area (Å²) in [6.07, 6.45) is 2.32. The number of hydrogen-bond acceptors (Lipinski definition) is 3. The summed E-state index contributed by atoms with van der Waals surface area (Å²) in [4.78, 5) is 0.340. The molecule has 0 amide bonds. The molecule has 0 spiro atoms. The molecule has 1 N–H and O–H groups in total. The summed E-state index contributed by atoms with van der Waals surface area (Å²) in [6, 6.07) is 6.86. The van der Waals surface area contributed by atoms with Gasteiger partial charge in [0.15, 0.2) is 9.84 Å². The lowest BCUT2D eigenvalue weighted by Crippen LogP contribution is -2.32. The largest absolute Gasteiger partial charge is 0.313 e. The third-order valence-electron chi connectivity index (χ3n) is 2.94. The van der Waals surface area contributed by atoms with Gasteiger partial charge in [0.25, 0.3) is 0 Å². The zero-order valence-electron chi connectivity index (χ0n) is 9.69. The molecule has 1 aliphatic carbocycles. The number of rotatable bonds is 5. The molecule has 94 valence electrons. The van der Waals surface area contributed by atoms with Crippen LogP contribution in [0.1, 0.15) is 19.8 Å². The van der Waals surface area contributed by atoms with Crippen molar-refractivity contribution < 1.29 is 8.42 Å². The van der Waals surface area contributed by atoms with E-state index in [0.717, 1.165) is 12.8 Å². The molecular formula is C12H16ClNO2S. The molecule has 1 aliphatic rings. The Bertz CT molecular complexity index is 480. The molecule has 1 unspecified atom stereocenters. The summed E-state index contributed by atoms with van der Waals surface area (Å²) in [5, 5.41) is 3.37. The molecule has 2 rings (SSSR count). The highest BCUT2D eigenvalue weighted by molar-refractivity contribution is 7.92. The van der Waals surface area contributed by atoms with Crippen LogP contribution in [0.2, 0.25) is 5.02 Å². The topological polar surface area (TPSA) is 46.2 Å². The van der Waals surface area contributed by atoms with Crippen molar-refractivity contribution >= 4 is 21.4 Å². The van der Waals surface area contributed by atoms with E-state index in [1.165, 1.54) is 0 Å². The Morgan fingerprint density at radius 2 is 1.94 bits per heavy atom. The van der Waals surface area contributed by atoms with Crippen LogP contribution < -0.4 is 5.32 Å². The van der Waals surface area contributed by atoms with E-state index in [4.69, 9.17) is 11.6 Å². The van der Waals surface area contributed by atoms with Gasteiger partial charge in [-0.2, -0.15) is 0 Å². The Morgan fingerprint density at radius 3 is 2.47 bits per heavy atom. The minimum absolute atomic E-state index is 0.340. The summed E-state index contributed by atoms with van der Waals surface area (Å²) in [7, 11) is -3.24. The molecule has 1 aromatic rings. The predicted molar refractivity (Wildman–Crippen MR) is 69.1 cm³/mol. The van der Waals surface area contributed by atoms with Gasteiger partial charge in [-0.3, -0.25) is 0 Å². The number of nitrogens with one attached hydrogen (secondary N) is 1. The fourth-order valence-electron chi connectivity index (χ4n) is 1.59. The average Bonchev–Trinajstić information content (AvgIpc) is 3.10. The Kier molecular flexibility index (Phi) is 3.76. The first-order valence-corrected chi connectivity index (χ1v) is 7.65. The summed E-state index contributed by atoms with van der Waals surface area (Å²) in [6.45, 7) is 2.24. The Balaban J connectivity index is 2.07. The predicted octanol–water partition coefficient (Wildman–Crippen LogP) is 2.25. The van der Waals surface area contributed by atoms with Gasteiger partial charge in [-0.15, -0.1) is 0 Å². The second-order valence-corrected chi connectivity index (χ2v) is 7.29. The third-order valence-corrected chi connectivity index (χ3v) is 5.35. The van der Waals surface area contributed by atoms with Crippen LogP contribution in [-0.4, -0.2) is 26.3 Å². The third kappa shape index (κ3) is 3.21. The number of benzene rings is 1. The van der Waals surface area contributed by atoms with Gasteiger partial charge in [-0.05, 0) is 44.0 Å². The number of sulfone groups is 1. The normalized spacial score (nSPS) is 18.0. The van der Waals surface area contributed by atoms with Crippen LogP contribution in [0.25, 0.3) is 0 Å². The Morgan fingerprint density at radius 1 is 1.35 bits per heavy atom. The van der Waals surface area contributed by atoms with E-state index in [1.807, 2.05) is 0 Å². The summed E-state index contributed by atoms with van der Waals surface area (Å²) in [5.74, 6) is 0. The quantitative estimate of drug-likeness (QED) is 0.895. The van der Waals surface area contributed by atoms with Crippen LogP contribution >= 0.6 is 11.6 Å². The maximum Gasteiger partial charge on any atom is 0.182 e. The Hall–Kier alpha value is -0.580. The first-order chi connectivity index (χ1) is 8.00. The van der Waals surface area contributed by atoms with Gasteiger partial charge in [-0.25, -0.2) is 8.42 Å². The zero-order chi connectivity index (χ0) is 12.5. The van der Waals surface area contributed by atoms with Gasteiger partial charge in [0.05, 0.1) is 10.1 Å². The first-order valence-electron chi connectivity index (χ1n) is 5.73. The zero-order valence-corrected chi connectivity index (χ0v) is 11.3. The lowest BCUT2D eigenvalue weighted by atomic mass is 10.4. The fourth-order valence-corrected chi connectivity index (χ4v) is 3.01. The van der Waals surface area contributed by atoms with E-state index < -0.39 is 15.1 Å². The maximum atomic E-state index is 12.2. The Labute approximate surface area is 107 Å². The molecular weight excluding hydrogens is 258 g/mol. The van der Waals surface area contributed by atoms with Crippen molar-refractivity contribution in [3.8, 4) is 0 Å². The molecule has 0 aromatic heterocycles. The van der Waals surface area contributed by atoms with Crippen molar-refractivity contribution in [2.75, 3.05) is 6.54 Å². The van der Waals surface area contributed by atoms with Gasteiger partial charge < -0.3 is 5.32 Å². The fraction of sp³-hybridized carbons (Fsp3) is 0.500. The van der Waals surface area contributed by atoms with Crippen molar-refractivity contribution in [2.45, 2.75) is 36.0 Å². The van der Waals surface area contributed by atoms with Crippen molar-refractivity contribution in [1.29, 1.82) is 0 Å². The molecule has 0 radical (unpaired) electrons. The molecule has 1 fully saturated rings. The van der Waals surface area contributed by atoms with E-state index in [2.05, 4.69) is 5.32 Å². The minimum Gasteiger partial charge on any atom is -0.313 e. The monoisotopic (exact) mass is 273 g/mol. The second kappa shape index (κ2) is 4.96. The van der Waals surface area contributed by atoms with E-state index in [1.54, 1.807) is 31.2 Å². The number of halogens is 1. The van der Waals surface area contributed by atoms with E-state index in [-0.39, 0.29) is 0 Å². The van der Waals surface area contributed by atoms with Gasteiger partial charge in [0, 0.05) is 17.6 Å². The summed E-state index contributed by atoms with van der Waals surface area (Å²) < 4.78 is 24.4. The average molecular weight is 274 g/mol. The number of hydrogen-bond donors (Lipinski definition) is 1. The molecule has 0 aliphatic heterocycles. The van der Waals surface area contributed by atoms with Gasteiger partial charge >= 0.3 is 0 Å². The molecule has 3 nitrogen and oxygen atoms in total. The van der Waals surface area contributed by atoms with Crippen LogP contribution in [0, 0.1) is 0 Å². The lowest BCUT2D eigenvalue weighted by molar-refractivity contribution is 0.571. The van der Waals surface area contributed by atoms with Crippen LogP contribution in [0.5, 0.6) is 0 Å². The van der Waals surface area contributed by atoms with Crippen LogP contribution in [0.4, 0.5) is 0 Å². The first kappa shape index (κ1) is 12.9. The van der Waals surface area contributed by atoms with E-state index in [9.17, 15) is 8.42 Å². The van der Waals surface area contributed by atoms with Crippen LogP contribution in [0.3, 0.4) is 0 Å². The maximum absolute atomic E-state index is 12.2. The van der Waals surface area contributed by atoms with E-state index in [0.29, 0.717) is 22.5 Å². The van der Waals surface area contributed by atoms with Crippen molar-refractivity contribution in [1.82, 2.24) is 5.32 Å². The second-order valence-electron chi connectivity index (χ2n) is 4.49. The van der Waals surface area contributed by atoms with Crippen molar-refractivity contribution in [3.05, 3.63) is 29.3 Å². The molecule has 17 heavy (non-hydrogen) atoms. The summed E-state index contributed by atoms with van der Waals surface area (Å²) in [5.41, 5.74) is 0. The van der Waals surface area contributed by atoms with Gasteiger partial charge in [-0.1, -0.05) is 11.6 Å². The molecule has 0 bridgehead atoms. The smallest absolute Gasteiger partial charge is 0.182 e. The SMILES string of the molecule is CC(CNC1CC1)S(=O)(=O)c1ccc(Cl)cc1. The highest BCUT2D eigenvalue weighted by Gasteiger charge is 2.26. The minimum atomic E-state index is -3.24. The molecule has 1 aromatic carbocycles. The van der Waals surface area contributed by atoms with Crippen LogP contribution in [-0.2, 0) is 9.84 Å². The molecule has 1 atom stereocenters. The van der Waals surface area contributed by atoms with Gasteiger partial charge in [0.1, 0.15) is 0 Å². The van der Waals surface area contributed by atoms with Crippen molar-refractivity contribution in [3.63, 3.8) is 0 Å². The highest BCUT2D eigenvalue weighted by atomic mass is 35.5. The van der Waals surface area contributed by atoms with Crippen LogP contribution in [0.15, 0.2) is 29.2 Å². The molecule has 0 heterocycles. The molecule has 1 saturated carbocycles. The van der Waals surface area contributed by atoms with Gasteiger partial charge in [0.2, 0.25) is 0 Å².